The molecule has 1 heterocycles. The van der Waals surface area contributed by atoms with Crippen LogP contribution in [-0.4, -0.2) is 41.1 Å². The number of carbonyl (C=O) groups is 2. The molecule has 2 amide bonds. The molecule has 1 aliphatic rings. The second-order valence-corrected chi connectivity index (χ2v) is 4.70. The smallest absolute Gasteiger partial charge is 0.404 e. The molecule has 0 saturated carbocycles. The molecule has 0 spiro atoms. The van der Waals surface area contributed by atoms with Crippen molar-refractivity contribution in [1.29, 1.82) is 0 Å². The molecule has 1 fully saturated rings. The van der Waals surface area contributed by atoms with Gasteiger partial charge in [-0.25, -0.2) is 4.79 Å². The van der Waals surface area contributed by atoms with E-state index in [2.05, 4.69) is 5.32 Å². The highest BCUT2D eigenvalue weighted by Gasteiger charge is 2.23. The van der Waals surface area contributed by atoms with Gasteiger partial charge in [0.2, 0.25) is 5.91 Å². The lowest BCUT2D eigenvalue weighted by molar-refractivity contribution is -0.133. The number of carboxylic acid groups (broad SMARTS) is 1. The molecule has 0 aliphatic carbocycles. The zero-order valence-corrected chi connectivity index (χ0v) is 9.90. The van der Waals surface area contributed by atoms with E-state index in [0.717, 1.165) is 12.8 Å². The lowest BCUT2D eigenvalue weighted by Gasteiger charge is -2.32. The Kier molecular flexibility index (Phi) is 4.58. The van der Waals surface area contributed by atoms with Crippen molar-refractivity contribution in [2.45, 2.75) is 39.2 Å². The van der Waals surface area contributed by atoms with Crippen LogP contribution >= 0.6 is 0 Å². The zero-order chi connectivity index (χ0) is 12.1. The summed E-state index contributed by atoms with van der Waals surface area (Å²) < 4.78 is 0. The highest BCUT2D eigenvalue weighted by molar-refractivity contribution is 5.76. The van der Waals surface area contributed by atoms with Crippen molar-refractivity contribution in [3.8, 4) is 0 Å². The van der Waals surface area contributed by atoms with Gasteiger partial charge in [0.1, 0.15) is 0 Å². The molecular weight excluding hydrogens is 208 g/mol. The number of amides is 2. The number of nitrogens with one attached hydrogen (secondary N) is 1. The highest BCUT2D eigenvalue weighted by atomic mass is 16.4. The first-order valence-corrected chi connectivity index (χ1v) is 5.76. The fraction of sp³-hybridized carbons (Fsp3) is 0.818. The molecule has 1 rings (SSSR count). The van der Waals surface area contributed by atoms with E-state index < -0.39 is 6.09 Å². The predicted molar refractivity (Wildman–Crippen MR) is 60.2 cm³/mol. The molecule has 1 aliphatic heterocycles. The van der Waals surface area contributed by atoms with Crippen LogP contribution in [0, 0.1) is 5.92 Å². The quantitative estimate of drug-likeness (QED) is 0.764. The third kappa shape index (κ3) is 4.08. The Bertz CT molecular complexity index is 258. The molecule has 16 heavy (non-hydrogen) atoms. The molecule has 0 aromatic rings. The summed E-state index contributed by atoms with van der Waals surface area (Å²) in [6.45, 7) is 5.38. The number of hydrogen-bond donors (Lipinski definition) is 2. The van der Waals surface area contributed by atoms with Gasteiger partial charge in [-0.15, -0.1) is 0 Å². The summed E-state index contributed by atoms with van der Waals surface area (Å²) in [6.07, 6.45) is 1.04. The maximum Gasteiger partial charge on any atom is 0.404 e. The lowest BCUT2D eigenvalue weighted by Crippen LogP contribution is -2.46. The van der Waals surface area contributed by atoms with Crippen LogP contribution in [0.25, 0.3) is 0 Å². The average molecular weight is 228 g/mol. The van der Waals surface area contributed by atoms with Gasteiger partial charge in [-0.3, -0.25) is 4.79 Å². The minimum absolute atomic E-state index is 0.000556. The van der Waals surface area contributed by atoms with Crippen molar-refractivity contribution in [3.05, 3.63) is 0 Å². The minimum Gasteiger partial charge on any atom is -0.465 e. The SMILES string of the molecule is CC(C)CC(=O)N1CCC(NC(=O)O)CC1. The van der Waals surface area contributed by atoms with Crippen LogP contribution < -0.4 is 5.32 Å². The van der Waals surface area contributed by atoms with E-state index in [-0.39, 0.29) is 11.9 Å². The van der Waals surface area contributed by atoms with Crippen LogP contribution in [0.1, 0.15) is 33.1 Å². The summed E-state index contributed by atoms with van der Waals surface area (Å²) in [6, 6.07) is 0.000556. The van der Waals surface area contributed by atoms with Gasteiger partial charge in [0.25, 0.3) is 0 Å². The largest absolute Gasteiger partial charge is 0.465 e. The summed E-state index contributed by atoms with van der Waals surface area (Å²) in [5.74, 6) is 0.561. The fourth-order valence-corrected chi connectivity index (χ4v) is 1.93. The van der Waals surface area contributed by atoms with Crippen LogP contribution in [0.3, 0.4) is 0 Å². The Morgan fingerprint density at radius 1 is 1.38 bits per heavy atom. The van der Waals surface area contributed by atoms with E-state index in [4.69, 9.17) is 5.11 Å². The van der Waals surface area contributed by atoms with E-state index >= 15 is 0 Å². The van der Waals surface area contributed by atoms with Crippen LogP contribution in [0.4, 0.5) is 4.79 Å². The van der Waals surface area contributed by atoms with Gasteiger partial charge in [-0.2, -0.15) is 0 Å². The minimum atomic E-state index is -0.980. The van der Waals surface area contributed by atoms with Gasteiger partial charge in [0.05, 0.1) is 0 Å². The molecule has 0 aromatic heterocycles. The lowest BCUT2D eigenvalue weighted by atomic mass is 10.0. The summed E-state index contributed by atoms with van der Waals surface area (Å²) in [5.41, 5.74) is 0. The van der Waals surface area contributed by atoms with Gasteiger partial charge >= 0.3 is 6.09 Å². The third-order valence-corrected chi connectivity index (χ3v) is 2.76. The van der Waals surface area contributed by atoms with Crippen molar-refractivity contribution in [2.75, 3.05) is 13.1 Å². The molecule has 5 heteroatoms. The number of rotatable bonds is 3. The summed E-state index contributed by atoms with van der Waals surface area (Å²) in [7, 11) is 0. The first-order chi connectivity index (χ1) is 7.49. The second kappa shape index (κ2) is 5.72. The number of likely N-dealkylation sites (tertiary alicyclic amines) is 1. The molecule has 5 nitrogen and oxygen atoms in total. The molecular formula is C11H20N2O3. The summed E-state index contributed by atoms with van der Waals surface area (Å²) >= 11 is 0. The van der Waals surface area contributed by atoms with Gasteiger partial charge < -0.3 is 15.3 Å². The average Bonchev–Trinajstić information content (AvgIpc) is 2.16. The van der Waals surface area contributed by atoms with Crippen molar-refractivity contribution < 1.29 is 14.7 Å². The Labute approximate surface area is 95.8 Å². The maximum atomic E-state index is 11.7. The molecule has 0 unspecified atom stereocenters. The Morgan fingerprint density at radius 2 is 1.94 bits per heavy atom. The first kappa shape index (κ1) is 12.8. The van der Waals surface area contributed by atoms with E-state index in [1.54, 1.807) is 0 Å². The van der Waals surface area contributed by atoms with Gasteiger partial charge in [-0.1, -0.05) is 13.8 Å². The Balaban J connectivity index is 2.31. The van der Waals surface area contributed by atoms with Crippen molar-refractivity contribution in [3.63, 3.8) is 0 Å². The van der Waals surface area contributed by atoms with Gasteiger partial charge in [-0.05, 0) is 18.8 Å². The highest BCUT2D eigenvalue weighted by Crippen LogP contribution is 2.13. The van der Waals surface area contributed by atoms with Crippen LogP contribution in [0.5, 0.6) is 0 Å². The van der Waals surface area contributed by atoms with Gasteiger partial charge in [0.15, 0.2) is 0 Å². The molecule has 1 saturated heterocycles. The molecule has 2 N–H and O–H groups in total. The third-order valence-electron chi connectivity index (χ3n) is 2.76. The van der Waals surface area contributed by atoms with Gasteiger partial charge in [0, 0.05) is 25.6 Å². The normalized spacial score (nSPS) is 17.6. The Morgan fingerprint density at radius 3 is 2.38 bits per heavy atom. The monoisotopic (exact) mass is 228 g/mol. The van der Waals surface area contributed by atoms with Crippen molar-refractivity contribution >= 4 is 12.0 Å². The Hall–Kier alpha value is -1.26. The van der Waals surface area contributed by atoms with Crippen LogP contribution in [0.2, 0.25) is 0 Å². The van der Waals surface area contributed by atoms with E-state index in [9.17, 15) is 9.59 Å². The van der Waals surface area contributed by atoms with Crippen LogP contribution in [0.15, 0.2) is 0 Å². The van der Waals surface area contributed by atoms with Crippen molar-refractivity contribution in [1.82, 2.24) is 10.2 Å². The standard InChI is InChI=1S/C11H20N2O3/c1-8(2)7-10(14)13-5-3-9(4-6-13)12-11(15)16/h8-9,12H,3-7H2,1-2H3,(H,15,16). The maximum absolute atomic E-state index is 11.7. The number of nitrogens with zero attached hydrogens (tertiary/aromatic N) is 1. The number of hydrogen-bond acceptors (Lipinski definition) is 2. The number of carbonyl (C=O) groups excluding carboxylic acids is 1. The molecule has 92 valence electrons. The first-order valence-electron chi connectivity index (χ1n) is 5.76. The van der Waals surface area contributed by atoms with Crippen LogP contribution in [-0.2, 0) is 4.79 Å². The summed E-state index contributed by atoms with van der Waals surface area (Å²) in [5, 5.41) is 11.0. The number of piperidine rings is 1. The molecule has 0 aromatic carbocycles. The zero-order valence-electron chi connectivity index (χ0n) is 9.90. The molecule has 0 atom stereocenters. The van der Waals surface area contributed by atoms with E-state index in [1.807, 2.05) is 18.7 Å². The predicted octanol–water partition coefficient (Wildman–Crippen LogP) is 1.29. The van der Waals surface area contributed by atoms with Crippen molar-refractivity contribution in [2.24, 2.45) is 5.92 Å². The topological polar surface area (TPSA) is 69.6 Å². The molecule has 0 bridgehead atoms. The van der Waals surface area contributed by atoms with E-state index in [0.29, 0.717) is 25.4 Å². The summed E-state index contributed by atoms with van der Waals surface area (Å²) in [4.78, 5) is 24.0. The van der Waals surface area contributed by atoms with E-state index in [1.165, 1.54) is 0 Å². The second-order valence-electron chi connectivity index (χ2n) is 4.70. The molecule has 0 radical (unpaired) electrons. The fourth-order valence-electron chi connectivity index (χ4n) is 1.93.